The zero-order valence-corrected chi connectivity index (χ0v) is 14.1. The van der Waals surface area contributed by atoms with Crippen LogP contribution in [0.1, 0.15) is 58.1 Å². The first-order valence-corrected chi connectivity index (χ1v) is 8.29. The number of rotatable bonds is 10. The summed E-state index contributed by atoms with van der Waals surface area (Å²) >= 11 is 0. The lowest BCUT2D eigenvalue weighted by atomic mass is 9.94. The molecule has 4 heteroatoms. The summed E-state index contributed by atoms with van der Waals surface area (Å²) in [6, 6.07) is 7.40. The zero-order valence-electron chi connectivity index (χ0n) is 14.1. The van der Waals surface area contributed by atoms with Gasteiger partial charge in [0, 0.05) is 0 Å². The fourth-order valence-corrected chi connectivity index (χ4v) is 2.66. The van der Waals surface area contributed by atoms with E-state index in [2.05, 4.69) is 13.8 Å². The molecule has 0 amide bonds. The van der Waals surface area contributed by atoms with Crippen LogP contribution in [-0.2, 0) is 0 Å². The Morgan fingerprint density at radius 1 is 1.23 bits per heavy atom. The number of ether oxygens (including phenoxy) is 1. The number of hydrogen-bond acceptors (Lipinski definition) is 4. The number of nitrogens with two attached hydrogens (primary N) is 1. The average Bonchev–Trinajstić information content (AvgIpc) is 2.52. The fourth-order valence-electron chi connectivity index (χ4n) is 2.66. The molecule has 0 aliphatic rings. The molecule has 1 aromatic carbocycles. The van der Waals surface area contributed by atoms with Crippen molar-refractivity contribution in [3.05, 3.63) is 29.8 Å². The monoisotopic (exact) mass is 309 g/mol. The molecule has 4 nitrogen and oxygen atoms in total. The summed E-state index contributed by atoms with van der Waals surface area (Å²) in [6.45, 7) is 6.75. The van der Waals surface area contributed by atoms with Crippen molar-refractivity contribution < 1.29 is 14.9 Å². The highest BCUT2D eigenvalue weighted by Gasteiger charge is 2.26. The van der Waals surface area contributed by atoms with Crippen LogP contribution in [0.5, 0.6) is 5.75 Å². The standard InChI is InChI=1S/C18H31NO3/c1-4-9-18(21,10-5-2)13-22-16-8-6-7-15(11-16)17(20)14(3)12-19/h6-8,11,14,17,20-21H,4-5,9-10,12-13,19H2,1-3H3/t14-,17-/m1/s1. The lowest BCUT2D eigenvalue weighted by Crippen LogP contribution is -2.35. The Balaban J connectivity index is 2.73. The first kappa shape index (κ1) is 18.9. The van der Waals surface area contributed by atoms with Gasteiger partial charge in [0.2, 0.25) is 0 Å². The van der Waals surface area contributed by atoms with E-state index in [1.165, 1.54) is 0 Å². The van der Waals surface area contributed by atoms with Gasteiger partial charge in [-0.25, -0.2) is 0 Å². The summed E-state index contributed by atoms with van der Waals surface area (Å²) in [7, 11) is 0. The van der Waals surface area contributed by atoms with E-state index in [0.717, 1.165) is 31.2 Å². The van der Waals surface area contributed by atoms with E-state index in [0.29, 0.717) is 12.3 Å². The van der Waals surface area contributed by atoms with Crippen molar-refractivity contribution in [2.24, 2.45) is 11.7 Å². The second kappa shape index (κ2) is 9.13. The second-order valence-electron chi connectivity index (χ2n) is 6.24. The highest BCUT2D eigenvalue weighted by atomic mass is 16.5. The molecule has 0 unspecified atom stereocenters. The number of aliphatic hydroxyl groups excluding tert-OH is 1. The third-order valence-electron chi connectivity index (χ3n) is 4.05. The Morgan fingerprint density at radius 2 is 1.86 bits per heavy atom. The smallest absolute Gasteiger partial charge is 0.119 e. The Kier molecular flexibility index (Phi) is 7.87. The molecular weight excluding hydrogens is 278 g/mol. The predicted octanol–water partition coefficient (Wildman–Crippen LogP) is 3.02. The lowest BCUT2D eigenvalue weighted by molar-refractivity contribution is -0.0203. The van der Waals surface area contributed by atoms with Crippen molar-refractivity contribution in [3.63, 3.8) is 0 Å². The van der Waals surface area contributed by atoms with Gasteiger partial charge in [-0.15, -0.1) is 0 Å². The summed E-state index contributed by atoms with van der Waals surface area (Å²) in [6.07, 6.45) is 2.71. The van der Waals surface area contributed by atoms with Gasteiger partial charge in [-0.3, -0.25) is 0 Å². The molecule has 0 aliphatic carbocycles. The molecular formula is C18H31NO3. The maximum absolute atomic E-state index is 10.6. The van der Waals surface area contributed by atoms with Crippen LogP contribution in [-0.4, -0.2) is 29.0 Å². The van der Waals surface area contributed by atoms with Crippen LogP contribution in [0.4, 0.5) is 0 Å². The normalized spacial score (nSPS) is 14.6. The van der Waals surface area contributed by atoms with Crippen molar-refractivity contribution in [1.29, 1.82) is 0 Å². The fraction of sp³-hybridized carbons (Fsp3) is 0.667. The molecule has 22 heavy (non-hydrogen) atoms. The van der Waals surface area contributed by atoms with E-state index < -0.39 is 11.7 Å². The molecule has 0 aliphatic heterocycles. The van der Waals surface area contributed by atoms with E-state index in [4.69, 9.17) is 10.5 Å². The van der Waals surface area contributed by atoms with Crippen LogP contribution in [0.15, 0.2) is 24.3 Å². The van der Waals surface area contributed by atoms with Crippen molar-refractivity contribution >= 4 is 0 Å². The molecule has 0 aromatic heterocycles. The van der Waals surface area contributed by atoms with Crippen LogP contribution in [0.25, 0.3) is 0 Å². The summed E-state index contributed by atoms with van der Waals surface area (Å²) in [5.74, 6) is 0.666. The Labute approximate surface area is 134 Å². The van der Waals surface area contributed by atoms with Gasteiger partial charge in [-0.05, 0) is 43.0 Å². The summed E-state index contributed by atoms with van der Waals surface area (Å²) in [4.78, 5) is 0. The molecule has 2 atom stereocenters. The molecule has 0 heterocycles. The SMILES string of the molecule is CCCC(O)(CCC)COc1cccc([C@H](O)[C@H](C)CN)c1. The van der Waals surface area contributed by atoms with E-state index >= 15 is 0 Å². The van der Waals surface area contributed by atoms with Crippen molar-refractivity contribution in [2.75, 3.05) is 13.2 Å². The maximum atomic E-state index is 10.6. The average molecular weight is 309 g/mol. The summed E-state index contributed by atoms with van der Waals surface area (Å²) < 4.78 is 5.79. The van der Waals surface area contributed by atoms with Crippen LogP contribution in [0.2, 0.25) is 0 Å². The topological polar surface area (TPSA) is 75.7 Å². The van der Waals surface area contributed by atoms with Gasteiger partial charge in [-0.1, -0.05) is 45.7 Å². The van der Waals surface area contributed by atoms with Gasteiger partial charge in [-0.2, -0.15) is 0 Å². The van der Waals surface area contributed by atoms with Crippen LogP contribution in [0, 0.1) is 5.92 Å². The molecule has 126 valence electrons. The molecule has 0 radical (unpaired) electrons. The highest BCUT2D eigenvalue weighted by Crippen LogP contribution is 2.26. The number of benzene rings is 1. The van der Waals surface area contributed by atoms with Crippen molar-refractivity contribution in [2.45, 2.75) is 58.2 Å². The third kappa shape index (κ3) is 5.59. The maximum Gasteiger partial charge on any atom is 0.119 e. The second-order valence-corrected chi connectivity index (χ2v) is 6.24. The zero-order chi connectivity index (χ0) is 16.6. The minimum atomic E-state index is -0.775. The van der Waals surface area contributed by atoms with Gasteiger partial charge >= 0.3 is 0 Å². The summed E-state index contributed by atoms with van der Waals surface area (Å²) in [5.41, 5.74) is 5.63. The molecule has 4 N–H and O–H groups in total. The largest absolute Gasteiger partial charge is 0.491 e. The van der Waals surface area contributed by atoms with Gasteiger partial charge < -0.3 is 20.7 Å². The van der Waals surface area contributed by atoms with Gasteiger partial charge in [0.25, 0.3) is 0 Å². The highest BCUT2D eigenvalue weighted by molar-refractivity contribution is 5.30. The van der Waals surface area contributed by atoms with Gasteiger partial charge in [0.1, 0.15) is 12.4 Å². The first-order valence-electron chi connectivity index (χ1n) is 8.29. The Hall–Kier alpha value is -1.10. The molecule has 0 saturated heterocycles. The van der Waals surface area contributed by atoms with Crippen LogP contribution < -0.4 is 10.5 Å². The number of aliphatic hydroxyl groups is 2. The summed E-state index contributed by atoms with van der Waals surface area (Å²) in [5, 5.41) is 20.8. The van der Waals surface area contributed by atoms with Crippen molar-refractivity contribution in [1.82, 2.24) is 0 Å². The molecule has 0 saturated carbocycles. The van der Waals surface area contributed by atoms with E-state index in [-0.39, 0.29) is 12.5 Å². The lowest BCUT2D eigenvalue weighted by Gasteiger charge is -2.27. The quantitative estimate of drug-likeness (QED) is 0.621. The molecule has 1 rings (SSSR count). The van der Waals surface area contributed by atoms with Gasteiger partial charge in [0.15, 0.2) is 0 Å². The van der Waals surface area contributed by atoms with Crippen molar-refractivity contribution in [3.8, 4) is 5.75 Å². The first-order chi connectivity index (χ1) is 10.5. The number of hydrogen-bond donors (Lipinski definition) is 3. The minimum Gasteiger partial charge on any atom is -0.491 e. The van der Waals surface area contributed by atoms with Crippen LogP contribution in [0.3, 0.4) is 0 Å². The minimum absolute atomic E-state index is 0.00707. The Bertz CT molecular complexity index is 430. The third-order valence-corrected chi connectivity index (χ3v) is 4.05. The van der Waals surface area contributed by atoms with Gasteiger partial charge in [0.05, 0.1) is 11.7 Å². The van der Waals surface area contributed by atoms with Crippen LogP contribution >= 0.6 is 0 Å². The van der Waals surface area contributed by atoms with E-state index in [9.17, 15) is 10.2 Å². The molecule has 0 spiro atoms. The van der Waals surface area contributed by atoms with E-state index in [1.807, 2.05) is 31.2 Å². The molecule has 0 fully saturated rings. The molecule has 0 bridgehead atoms. The predicted molar refractivity (Wildman–Crippen MR) is 89.9 cm³/mol. The molecule has 1 aromatic rings. The van der Waals surface area contributed by atoms with E-state index in [1.54, 1.807) is 0 Å². The Morgan fingerprint density at radius 3 is 2.41 bits per heavy atom.